The lowest BCUT2D eigenvalue weighted by atomic mass is 10.2. The Morgan fingerprint density at radius 2 is 1.95 bits per heavy atom. The van der Waals surface area contributed by atoms with Crippen LogP contribution in [0.1, 0.15) is 34.1 Å². The number of esters is 1. The number of hydrogen-bond donors (Lipinski definition) is 1. The van der Waals surface area contributed by atoms with Crippen molar-refractivity contribution in [2.24, 2.45) is 0 Å². The summed E-state index contributed by atoms with van der Waals surface area (Å²) in [6.07, 6.45) is -0.433. The summed E-state index contributed by atoms with van der Waals surface area (Å²) in [6.45, 7) is 6.98. The molecule has 0 aliphatic rings. The van der Waals surface area contributed by atoms with Crippen LogP contribution in [0.25, 0.3) is 0 Å². The van der Waals surface area contributed by atoms with E-state index in [0.717, 1.165) is 0 Å². The van der Waals surface area contributed by atoms with Crippen LogP contribution in [-0.2, 0) is 25.4 Å². The summed E-state index contributed by atoms with van der Waals surface area (Å²) in [4.78, 5) is 23.1. The van der Waals surface area contributed by atoms with Gasteiger partial charge in [0.25, 0.3) is 0 Å². The Morgan fingerprint density at radius 1 is 1.37 bits per heavy atom. The van der Waals surface area contributed by atoms with Crippen molar-refractivity contribution in [3.05, 3.63) is 0 Å². The van der Waals surface area contributed by atoms with Gasteiger partial charge < -0.3 is 19.3 Å². The minimum atomic E-state index is -1.000. The molecule has 1 N–H and O–H groups in total. The zero-order valence-electron chi connectivity index (χ0n) is 12.1. The second-order valence-electron chi connectivity index (χ2n) is 4.94. The van der Waals surface area contributed by atoms with Gasteiger partial charge >= 0.3 is 12.1 Å². The quantitative estimate of drug-likeness (QED) is 0.587. The van der Waals surface area contributed by atoms with E-state index in [4.69, 9.17) is 4.74 Å². The molecule has 0 saturated carbocycles. The van der Waals surface area contributed by atoms with E-state index in [1.165, 1.54) is 7.11 Å². The van der Waals surface area contributed by atoms with Gasteiger partial charge in [0.2, 0.25) is 0 Å². The predicted octanol–water partition coefficient (Wildman–Crippen LogP) is 1.21. The molecule has 2 unspecified atom stereocenters. The van der Waals surface area contributed by atoms with Gasteiger partial charge in [0.15, 0.2) is 0 Å². The molecule has 0 bridgehead atoms. The Kier molecular flexibility index (Phi) is 7.85. The number of hydrogen-bond acceptors (Lipinski definition) is 5. The monoisotopic (exact) mass is 293 g/mol. The Labute approximate surface area is 117 Å². The SMILES string of the molecule is CC[S+]([O-])CCC(NC(=O)OC(C)(C)C)C(=O)OC. The number of amides is 1. The van der Waals surface area contributed by atoms with Crippen LogP contribution in [0.2, 0.25) is 0 Å². The Morgan fingerprint density at radius 3 is 2.37 bits per heavy atom. The van der Waals surface area contributed by atoms with Crippen molar-refractivity contribution in [1.82, 2.24) is 5.32 Å². The smallest absolute Gasteiger partial charge is 0.408 e. The van der Waals surface area contributed by atoms with E-state index in [1.807, 2.05) is 0 Å². The molecule has 0 radical (unpaired) electrons. The van der Waals surface area contributed by atoms with Crippen LogP contribution >= 0.6 is 0 Å². The van der Waals surface area contributed by atoms with E-state index < -0.39 is 34.9 Å². The molecular weight excluding hydrogens is 270 g/mol. The molecule has 112 valence electrons. The van der Waals surface area contributed by atoms with Crippen LogP contribution in [0.4, 0.5) is 4.79 Å². The molecule has 0 heterocycles. The van der Waals surface area contributed by atoms with Crippen molar-refractivity contribution in [1.29, 1.82) is 0 Å². The van der Waals surface area contributed by atoms with Crippen LogP contribution in [0.3, 0.4) is 0 Å². The summed E-state index contributed by atoms with van der Waals surface area (Å²) < 4.78 is 21.0. The summed E-state index contributed by atoms with van der Waals surface area (Å²) in [6, 6.07) is -0.838. The summed E-state index contributed by atoms with van der Waals surface area (Å²) in [5, 5.41) is 2.43. The summed E-state index contributed by atoms with van der Waals surface area (Å²) in [5.41, 5.74) is -0.642. The molecule has 0 fully saturated rings. The first-order chi connectivity index (χ1) is 8.69. The van der Waals surface area contributed by atoms with Gasteiger partial charge in [-0.15, -0.1) is 0 Å². The Hall–Kier alpha value is -0.950. The fourth-order valence-electron chi connectivity index (χ4n) is 1.23. The maximum atomic E-state index is 11.6. The minimum Gasteiger partial charge on any atom is -0.616 e. The number of rotatable bonds is 6. The number of alkyl carbamates (subject to hydrolysis) is 1. The van der Waals surface area contributed by atoms with Crippen LogP contribution in [0.5, 0.6) is 0 Å². The highest BCUT2D eigenvalue weighted by molar-refractivity contribution is 7.91. The lowest BCUT2D eigenvalue weighted by Gasteiger charge is -2.22. The summed E-state index contributed by atoms with van der Waals surface area (Å²) in [7, 11) is 1.24. The average molecular weight is 293 g/mol. The predicted molar refractivity (Wildman–Crippen MR) is 73.3 cm³/mol. The average Bonchev–Trinajstić information content (AvgIpc) is 2.30. The van der Waals surface area contributed by atoms with E-state index >= 15 is 0 Å². The van der Waals surface area contributed by atoms with Crippen molar-refractivity contribution in [3.8, 4) is 0 Å². The molecule has 0 aromatic rings. The minimum absolute atomic E-state index is 0.256. The van der Waals surface area contributed by atoms with Crippen molar-refractivity contribution >= 4 is 23.2 Å². The van der Waals surface area contributed by atoms with Crippen LogP contribution < -0.4 is 5.32 Å². The first-order valence-corrected chi connectivity index (χ1v) is 7.60. The number of ether oxygens (including phenoxy) is 2. The van der Waals surface area contributed by atoms with Crippen LogP contribution in [0.15, 0.2) is 0 Å². The first kappa shape index (κ1) is 18.0. The molecule has 1 amide bonds. The first-order valence-electron chi connectivity index (χ1n) is 6.12. The van der Waals surface area contributed by atoms with Gasteiger partial charge in [0.1, 0.15) is 23.1 Å². The van der Waals surface area contributed by atoms with Gasteiger partial charge in [-0.05, 0) is 27.7 Å². The number of methoxy groups -OCH3 is 1. The van der Waals surface area contributed by atoms with Crippen molar-refractivity contribution < 1.29 is 23.6 Å². The molecule has 0 aliphatic carbocycles. The molecule has 19 heavy (non-hydrogen) atoms. The standard InChI is InChI=1S/C12H23NO5S/c1-6-19(16)8-7-9(10(14)17-5)13-11(15)18-12(2,3)4/h9H,6-8H2,1-5H3,(H,13,15). The molecule has 0 saturated heterocycles. The zero-order chi connectivity index (χ0) is 15.1. The lowest BCUT2D eigenvalue weighted by Crippen LogP contribution is -2.44. The molecule has 0 spiro atoms. The second kappa shape index (κ2) is 8.27. The molecular formula is C12H23NO5S. The number of carbonyl (C=O) groups is 2. The third-order valence-electron chi connectivity index (χ3n) is 2.13. The van der Waals surface area contributed by atoms with Crippen LogP contribution in [0, 0.1) is 0 Å². The van der Waals surface area contributed by atoms with E-state index in [9.17, 15) is 14.1 Å². The fraction of sp³-hybridized carbons (Fsp3) is 0.833. The molecule has 2 atom stereocenters. The summed E-state index contributed by atoms with van der Waals surface area (Å²) in [5.74, 6) is 0.269. The molecule has 0 aromatic carbocycles. The van der Waals surface area contributed by atoms with Gasteiger partial charge in [-0.3, -0.25) is 0 Å². The highest BCUT2D eigenvalue weighted by atomic mass is 32.2. The van der Waals surface area contributed by atoms with E-state index in [0.29, 0.717) is 11.5 Å². The zero-order valence-corrected chi connectivity index (χ0v) is 13.0. The second-order valence-corrected chi connectivity index (χ2v) is 6.81. The molecule has 0 aromatic heterocycles. The van der Waals surface area contributed by atoms with Gasteiger partial charge in [-0.2, -0.15) is 0 Å². The highest BCUT2D eigenvalue weighted by Crippen LogP contribution is 2.08. The van der Waals surface area contributed by atoms with Gasteiger partial charge in [-0.25, -0.2) is 9.59 Å². The molecule has 0 aliphatic heterocycles. The number of nitrogens with one attached hydrogen (secondary N) is 1. The van der Waals surface area contributed by atoms with Gasteiger partial charge in [0.05, 0.1) is 7.11 Å². The molecule has 6 nitrogen and oxygen atoms in total. The summed E-state index contributed by atoms with van der Waals surface area (Å²) >= 11 is -1.000. The normalized spacial score (nSPS) is 14.4. The maximum Gasteiger partial charge on any atom is 0.408 e. The van der Waals surface area contributed by atoms with Crippen molar-refractivity contribution in [3.63, 3.8) is 0 Å². The largest absolute Gasteiger partial charge is 0.616 e. The van der Waals surface area contributed by atoms with Crippen LogP contribution in [-0.4, -0.2) is 46.9 Å². The molecule has 0 rings (SSSR count). The Balaban J connectivity index is 4.43. The van der Waals surface area contributed by atoms with Gasteiger partial charge in [0, 0.05) is 6.42 Å². The van der Waals surface area contributed by atoms with E-state index in [2.05, 4.69) is 10.1 Å². The Bertz CT molecular complexity index is 303. The topological polar surface area (TPSA) is 87.7 Å². The third-order valence-corrected chi connectivity index (χ3v) is 3.47. The van der Waals surface area contributed by atoms with Crippen molar-refractivity contribution in [2.75, 3.05) is 18.6 Å². The third kappa shape index (κ3) is 8.72. The fourth-order valence-corrected chi connectivity index (χ4v) is 2.02. The van der Waals surface area contributed by atoms with E-state index in [-0.39, 0.29) is 6.42 Å². The van der Waals surface area contributed by atoms with E-state index in [1.54, 1.807) is 27.7 Å². The van der Waals surface area contributed by atoms with Crippen molar-refractivity contribution in [2.45, 2.75) is 45.8 Å². The highest BCUT2D eigenvalue weighted by Gasteiger charge is 2.26. The lowest BCUT2D eigenvalue weighted by molar-refractivity contribution is -0.143. The van der Waals surface area contributed by atoms with Gasteiger partial charge in [-0.1, -0.05) is 11.2 Å². The number of carbonyl (C=O) groups excluding carboxylic acids is 2. The maximum absolute atomic E-state index is 11.6. The molecule has 7 heteroatoms.